The zero-order chi connectivity index (χ0) is 23.7. The van der Waals surface area contributed by atoms with Crippen molar-refractivity contribution >= 4 is 40.8 Å². The van der Waals surface area contributed by atoms with Crippen LogP contribution in [0.25, 0.3) is 5.57 Å². The molecule has 2 atom stereocenters. The molecule has 6 N–H and O–H groups in total. The molecule has 3 aromatic rings. The van der Waals surface area contributed by atoms with Crippen molar-refractivity contribution in [2.45, 2.75) is 31.3 Å². The van der Waals surface area contributed by atoms with E-state index in [9.17, 15) is 9.59 Å². The molecular formula is C24H26N8O2. The van der Waals surface area contributed by atoms with Gasteiger partial charge < -0.3 is 27.0 Å². The molecular weight excluding hydrogens is 432 g/mol. The number of nitrogen functional groups attached to an aromatic ring is 1. The molecule has 2 aliphatic heterocycles. The molecule has 10 heteroatoms. The van der Waals surface area contributed by atoms with Gasteiger partial charge in [-0.05, 0) is 66.8 Å². The highest BCUT2D eigenvalue weighted by molar-refractivity contribution is 5.94. The van der Waals surface area contributed by atoms with Gasteiger partial charge >= 0.3 is 6.03 Å². The molecule has 0 saturated carbocycles. The lowest BCUT2D eigenvalue weighted by molar-refractivity contribution is 0.0963. The quantitative estimate of drug-likeness (QED) is 0.396. The Morgan fingerprint density at radius 1 is 1.06 bits per heavy atom. The minimum absolute atomic E-state index is 0.0483. The minimum Gasteiger partial charge on any atom is -0.368 e. The molecule has 10 nitrogen and oxygen atoms in total. The number of fused-ring (bicyclic) bond motifs is 2. The van der Waals surface area contributed by atoms with Crippen LogP contribution in [0.5, 0.6) is 0 Å². The van der Waals surface area contributed by atoms with Gasteiger partial charge in [0.2, 0.25) is 11.9 Å². The number of nitrogens with zero attached hydrogens (tertiary/aromatic N) is 3. The molecule has 1 aromatic heterocycles. The van der Waals surface area contributed by atoms with Crippen molar-refractivity contribution in [2.24, 2.45) is 0 Å². The first-order chi connectivity index (χ1) is 16.5. The average molecular weight is 459 g/mol. The van der Waals surface area contributed by atoms with Gasteiger partial charge in [-0.3, -0.25) is 4.79 Å². The van der Waals surface area contributed by atoms with Crippen LogP contribution in [0.15, 0.2) is 54.6 Å². The molecule has 2 unspecified atom stereocenters. The summed E-state index contributed by atoms with van der Waals surface area (Å²) in [5.74, 6) is -0.0580. The third-order valence-corrected chi connectivity index (χ3v) is 6.16. The Morgan fingerprint density at radius 2 is 1.79 bits per heavy atom. The van der Waals surface area contributed by atoms with Crippen LogP contribution >= 0.6 is 0 Å². The highest BCUT2D eigenvalue weighted by Crippen LogP contribution is 2.33. The number of hydrogen-bond donors (Lipinski definition) is 5. The first-order valence-corrected chi connectivity index (χ1v) is 11.2. The molecule has 0 aliphatic carbocycles. The first kappa shape index (κ1) is 21.7. The maximum absolute atomic E-state index is 12.7. The largest absolute Gasteiger partial charge is 0.368 e. The average Bonchev–Trinajstić information content (AvgIpc) is 3.41. The number of amides is 2. The summed E-state index contributed by atoms with van der Waals surface area (Å²) >= 11 is 0. The highest BCUT2D eigenvalue weighted by atomic mass is 16.2. The maximum atomic E-state index is 12.7. The second-order valence-corrected chi connectivity index (χ2v) is 8.38. The van der Waals surface area contributed by atoms with Gasteiger partial charge in [-0.1, -0.05) is 18.2 Å². The van der Waals surface area contributed by atoms with Crippen molar-refractivity contribution in [3.63, 3.8) is 0 Å². The van der Waals surface area contributed by atoms with E-state index in [1.165, 1.54) is 12.0 Å². The SMILES string of the molecule is CNC(=O)c1ccc(Nc2nc(N)n(C(=O)Nc3ccc(C4=CCC5CCC4N5)cc3)n2)cc1. The normalized spacial score (nSPS) is 18.8. The van der Waals surface area contributed by atoms with E-state index in [0.29, 0.717) is 29.0 Å². The maximum Gasteiger partial charge on any atom is 0.349 e. The number of nitrogens with one attached hydrogen (secondary N) is 4. The van der Waals surface area contributed by atoms with Crippen molar-refractivity contribution in [3.8, 4) is 0 Å². The number of hydrogen-bond acceptors (Lipinski definition) is 7. The standard InChI is InChI=1S/C24H26N8O2/c1-26-21(33)15-4-8-17(9-5-15)28-23-30-22(25)32(31-23)24(34)29-18-6-2-14(3-7-18)19-12-10-16-11-13-20(19)27-16/h2-9,12,16,20,27H,10-11,13H2,1H3,(H,26,33)(H,29,34)(H3,25,28,30,31). The Hall–Kier alpha value is -4.18. The van der Waals surface area contributed by atoms with E-state index in [-0.39, 0.29) is 17.8 Å². The molecule has 1 fully saturated rings. The van der Waals surface area contributed by atoms with Crippen LogP contribution in [-0.4, -0.2) is 45.8 Å². The lowest BCUT2D eigenvalue weighted by Crippen LogP contribution is -2.33. The molecule has 3 heterocycles. The van der Waals surface area contributed by atoms with Crippen molar-refractivity contribution in [1.29, 1.82) is 0 Å². The third kappa shape index (κ3) is 4.35. The van der Waals surface area contributed by atoms with Gasteiger partial charge in [-0.15, -0.1) is 9.78 Å². The molecule has 5 rings (SSSR count). The molecule has 34 heavy (non-hydrogen) atoms. The van der Waals surface area contributed by atoms with Crippen molar-refractivity contribution in [2.75, 3.05) is 23.4 Å². The fourth-order valence-electron chi connectivity index (χ4n) is 4.41. The van der Waals surface area contributed by atoms with Crippen LogP contribution in [0.3, 0.4) is 0 Å². The van der Waals surface area contributed by atoms with E-state index in [1.807, 2.05) is 24.3 Å². The lowest BCUT2D eigenvalue weighted by Gasteiger charge is -2.23. The van der Waals surface area contributed by atoms with E-state index in [4.69, 9.17) is 5.73 Å². The van der Waals surface area contributed by atoms with Crippen molar-refractivity contribution < 1.29 is 9.59 Å². The number of benzene rings is 2. The third-order valence-electron chi connectivity index (χ3n) is 6.16. The highest BCUT2D eigenvalue weighted by Gasteiger charge is 2.30. The second kappa shape index (κ2) is 8.99. The molecule has 2 aliphatic rings. The Balaban J connectivity index is 1.24. The van der Waals surface area contributed by atoms with E-state index in [0.717, 1.165) is 23.1 Å². The lowest BCUT2D eigenvalue weighted by atomic mass is 9.95. The van der Waals surface area contributed by atoms with E-state index >= 15 is 0 Å². The predicted octanol–water partition coefficient (Wildman–Crippen LogP) is 2.95. The molecule has 0 radical (unpaired) electrons. The van der Waals surface area contributed by atoms with Gasteiger partial charge in [-0.2, -0.15) is 4.98 Å². The molecule has 2 amide bonds. The predicted molar refractivity (Wildman–Crippen MR) is 131 cm³/mol. The summed E-state index contributed by atoms with van der Waals surface area (Å²) in [6, 6.07) is 15.1. The zero-order valence-corrected chi connectivity index (χ0v) is 18.7. The summed E-state index contributed by atoms with van der Waals surface area (Å²) in [6.45, 7) is 0. The van der Waals surface area contributed by atoms with Crippen LogP contribution in [0.4, 0.5) is 28.1 Å². The summed E-state index contributed by atoms with van der Waals surface area (Å²) < 4.78 is 1.00. The minimum atomic E-state index is -0.516. The van der Waals surface area contributed by atoms with Gasteiger partial charge in [0.25, 0.3) is 5.91 Å². The number of carbonyl (C=O) groups excluding carboxylic acids is 2. The smallest absolute Gasteiger partial charge is 0.349 e. The van der Waals surface area contributed by atoms with Crippen LogP contribution in [0.2, 0.25) is 0 Å². The van der Waals surface area contributed by atoms with Crippen LogP contribution in [0, 0.1) is 0 Å². The van der Waals surface area contributed by atoms with Gasteiger partial charge in [0.05, 0.1) is 0 Å². The Morgan fingerprint density at radius 3 is 2.53 bits per heavy atom. The van der Waals surface area contributed by atoms with E-state index in [2.05, 4.69) is 37.4 Å². The van der Waals surface area contributed by atoms with E-state index in [1.54, 1.807) is 31.3 Å². The molecule has 1 saturated heterocycles. The Labute approximate surface area is 196 Å². The number of carbonyl (C=O) groups is 2. The Kier molecular flexibility index (Phi) is 5.72. The Bertz CT molecular complexity index is 1250. The second-order valence-electron chi connectivity index (χ2n) is 8.38. The summed E-state index contributed by atoms with van der Waals surface area (Å²) in [5, 5.41) is 16.1. The topological polar surface area (TPSA) is 139 Å². The van der Waals surface area contributed by atoms with Crippen molar-refractivity contribution in [3.05, 3.63) is 65.7 Å². The summed E-state index contributed by atoms with van der Waals surface area (Å²) in [6.07, 6.45) is 5.76. The summed E-state index contributed by atoms with van der Waals surface area (Å²) in [4.78, 5) is 28.5. The number of anilines is 4. The number of nitrogens with two attached hydrogens (primary N) is 1. The van der Waals surface area contributed by atoms with Crippen LogP contribution in [-0.2, 0) is 0 Å². The van der Waals surface area contributed by atoms with Gasteiger partial charge in [0, 0.05) is 36.1 Å². The van der Waals surface area contributed by atoms with Crippen molar-refractivity contribution in [1.82, 2.24) is 25.4 Å². The number of aromatic nitrogens is 3. The van der Waals surface area contributed by atoms with Crippen LogP contribution in [0.1, 0.15) is 35.2 Å². The summed E-state index contributed by atoms with van der Waals surface area (Å²) in [5.41, 5.74) is 10.2. The first-order valence-electron chi connectivity index (χ1n) is 11.2. The number of rotatable bonds is 5. The van der Waals surface area contributed by atoms with Gasteiger partial charge in [0.15, 0.2) is 0 Å². The monoisotopic (exact) mass is 458 g/mol. The van der Waals surface area contributed by atoms with E-state index < -0.39 is 6.03 Å². The zero-order valence-electron chi connectivity index (χ0n) is 18.7. The van der Waals surface area contributed by atoms with Crippen LogP contribution < -0.4 is 27.0 Å². The van der Waals surface area contributed by atoms with Gasteiger partial charge in [-0.25, -0.2) is 4.79 Å². The fraction of sp³-hybridized carbons (Fsp3) is 0.250. The molecule has 0 spiro atoms. The molecule has 2 aromatic carbocycles. The molecule has 2 bridgehead atoms. The van der Waals surface area contributed by atoms with Gasteiger partial charge in [0.1, 0.15) is 0 Å². The fourth-order valence-corrected chi connectivity index (χ4v) is 4.41. The molecule has 174 valence electrons. The summed E-state index contributed by atoms with van der Waals surface area (Å²) in [7, 11) is 1.57.